The standard InChI is InChI=1S/C23H31N3OS.HI/c1-2-24-22(25-16-17-28(27)18-20-10-5-3-6-11-20)26-19-23(14-9-15-23)21-12-7-4-8-13-21;/h3-8,10-13H,2,9,14-19H2,1H3,(H2,24,25,26);1H. The number of guanidine groups is 1. The Kier molecular flexibility index (Phi) is 10.1. The van der Waals surface area contributed by atoms with Gasteiger partial charge in [-0.1, -0.05) is 67.1 Å². The van der Waals surface area contributed by atoms with Crippen molar-refractivity contribution in [1.29, 1.82) is 0 Å². The first-order valence-electron chi connectivity index (χ1n) is 10.2. The Labute approximate surface area is 194 Å². The average Bonchev–Trinajstić information content (AvgIpc) is 2.68. The zero-order valence-electron chi connectivity index (χ0n) is 17.1. The van der Waals surface area contributed by atoms with Crippen molar-refractivity contribution in [2.75, 3.05) is 25.4 Å². The van der Waals surface area contributed by atoms with Crippen molar-refractivity contribution in [3.05, 3.63) is 71.8 Å². The molecule has 4 nitrogen and oxygen atoms in total. The van der Waals surface area contributed by atoms with E-state index in [1.807, 2.05) is 30.3 Å². The van der Waals surface area contributed by atoms with E-state index in [1.165, 1.54) is 24.8 Å². The Hall–Kier alpha value is -1.41. The fraction of sp³-hybridized carbons (Fsp3) is 0.435. The Balaban J connectivity index is 0.00000300. The first-order chi connectivity index (χ1) is 13.7. The van der Waals surface area contributed by atoms with Crippen molar-refractivity contribution < 1.29 is 4.21 Å². The summed E-state index contributed by atoms with van der Waals surface area (Å²) in [5.74, 6) is 2.04. The molecule has 1 aliphatic rings. The molecule has 1 saturated carbocycles. The molecule has 2 aromatic carbocycles. The predicted molar refractivity (Wildman–Crippen MR) is 135 cm³/mol. The Bertz CT molecular complexity index is 779. The Morgan fingerprint density at radius 1 is 1.03 bits per heavy atom. The van der Waals surface area contributed by atoms with Crippen molar-refractivity contribution in [1.82, 2.24) is 10.6 Å². The lowest BCUT2D eigenvalue weighted by molar-refractivity contribution is 0.253. The van der Waals surface area contributed by atoms with Crippen LogP contribution in [0.25, 0.3) is 0 Å². The van der Waals surface area contributed by atoms with E-state index >= 15 is 0 Å². The third kappa shape index (κ3) is 7.10. The van der Waals surface area contributed by atoms with Gasteiger partial charge in [0.05, 0.1) is 6.54 Å². The zero-order valence-corrected chi connectivity index (χ0v) is 20.2. The molecule has 1 fully saturated rings. The van der Waals surface area contributed by atoms with Crippen LogP contribution in [0.3, 0.4) is 0 Å². The molecule has 0 spiro atoms. The van der Waals surface area contributed by atoms with Gasteiger partial charge < -0.3 is 10.6 Å². The Morgan fingerprint density at radius 3 is 2.28 bits per heavy atom. The van der Waals surface area contributed by atoms with E-state index in [0.717, 1.165) is 24.6 Å². The monoisotopic (exact) mass is 525 g/mol. The molecule has 0 amide bonds. The molecular formula is C23H32IN3OS. The Morgan fingerprint density at radius 2 is 1.69 bits per heavy atom. The molecule has 6 heteroatoms. The van der Waals surface area contributed by atoms with Crippen LogP contribution >= 0.6 is 24.0 Å². The highest BCUT2D eigenvalue weighted by molar-refractivity contribution is 14.0. The normalized spacial score (nSPS) is 16.2. The molecule has 29 heavy (non-hydrogen) atoms. The summed E-state index contributed by atoms with van der Waals surface area (Å²) in [4.78, 5) is 4.86. The van der Waals surface area contributed by atoms with Gasteiger partial charge in [-0.05, 0) is 30.9 Å². The van der Waals surface area contributed by atoms with E-state index < -0.39 is 10.8 Å². The van der Waals surface area contributed by atoms with Gasteiger partial charge in [0, 0.05) is 40.8 Å². The van der Waals surface area contributed by atoms with Gasteiger partial charge in [0.1, 0.15) is 0 Å². The summed E-state index contributed by atoms with van der Waals surface area (Å²) in [5.41, 5.74) is 2.70. The van der Waals surface area contributed by atoms with Crippen molar-refractivity contribution in [3.63, 3.8) is 0 Å². The maximum absolute atomic E-state index is 12.3. The molecule has 0 radical (unpaired) electrons. The summed E-state index contributed by atoms with van der Waals surface area (Å²) in [6.07, 6.45) is 3.66. The molecule has 0 bridgehead atoms. The SMILES string of the molecule is CCNC(=NCC1(c2ccccc2)CCC1)NCCS(=O)Cc1ccccc1.I. The van der Waals surface area contributed by atoms with E-state index in [1.54, 1.807) is 0 Å². The summed E-state index contributed by atoms with van der Waals surface area (Å²) in [7, 11) is -0.878. The lowest BCUT2D eigenvalue weighted by atomic mass is 9.64. The lowest BCUT2D eigenvalue weighted by Crippen LogP contribution is -2.42. The number of nitrogens with zero attached hydrogens (tertiary/aromatic N) is 1. The highest BCUT2D eigenvalue weighted by Gasteiger charge is 2.38. The molecule has 1 atom stereocenters. The van der Waals surface area contributed by atoms with Crippen LogP contribution in [0.2, 0.25) is 0 Å². The van der Waals surface area contributed by atoms with Gasteiger partial charge in [-0.3, -0.25) is 9.20 Å². The molecule has 3 rings (SSSR count). The van der Waals surface area contributed by atoms with Crippen LogP contribution in [0.1, 0.15) is 37.3 Å². The summed E-state index contributed by atoms with van der Waals surface area (Å²) >= 11 is 0. The van der Waals surface area contributed by atoms with Gasteiger partial charge in [0.2, 0.25) is 0 Å². The van der Waals surface area contributed by atoms with Gasteiger partial charge in [-0.2, -0.15) is 0 Å². The minimum absolute atomic E-state index is 0. The second-order valence-electron chi connectivity index (χ2n) is 7.40. The number of hydrogen-bond acceptors (Lipinski definition) is 2. The molecule has 2 aromatic rings. The first-order valence-corrected chi connectivity index (χ1v) is 11.7. The molecule has 158 valence electrons. The second kappa shape index (κ2) is 12.3. The van der Waals surface area contributed by atoms with Crippen molar-refractivity contribution in [2.24, 2.45) is 4.99 Å². The molecule has 0 heterocycles. The summed E-state index contributed by atoms with van der Waals surface area (Å²) in [6, 6.07) is 20.8. The zero-order chi connectivity index (χ0) is 19.7. The van der Waals surface area contributed by atoms with E-state index in [2.05, 4.69) is 47.9 Å². The van der Waals surface area contributed by atoms with E-state index in [-0.39, 0.29) is 29.4 Å². The molecule has 0 aliphatic heterocycles. The number of benzene rings is 2. The first kappa shape index (κ1) is 23.9. The van der Waals surface area contributed by atoms with Crippen LogP contribution in [0.5, 0.6) is 0 Å². The molecular weight excluding hydrogens is 493 g/mol. The highest BCUT2D eigenvalue weighted by Crippen LogP contribution is 2.43. The molecule has 1 aliphatic carbocycles. The predicted octanol–water partition coefficient (Wildman–Crippen LogP) is 4.23. The molecule has 2 N–H and O–H groups in total. The van der Waals surface area contributed by atoms with Gasteiger partial charge in [0.25, 0.3) is 0 Å². The van der Waals surface area contributed by atoms with Crippen molar-refractivity contribution in [3.8, 4) is 0 Å². The smallest absolute Gasteiger partial charge is 0.191 e. The van der Waals surface area contributed by atoms with Crippen LogP contribution in [0.15, 0.2) is 65.7 Å². The van der Waals surface area contributed by atoms with Gasteiger partial charge >= 0.3 is 0 Å². The fourth-order valence-corrected chi connectivity index (χ4v) is 4.66. The largest absolute Gasteiger partial charge is 0.357 e. The summed E-state index contributed by atoms with van der Waals surface area (Å²) in [5, 5.41) is 6.67. The lowest BCUT2D eigenvalue weighted by Gasteiger charge is -2.41. The summed E-state index contributed by atoms with van der Waals surface area (Å²) in [6.45, 7) is 4.33. The van der Waals surface area contributed by atoms with Crippen LogP contribution in [-0.2, 0) is 22.0 Å². The van der Waals surface area contributed by atoms with Crippen LogP contribution in [0, 0.1) is 0 Å². The van der Waals surface area contributed by atoms with Crippen molar-refractivity contribution >= 4 is 40.7 Å². The molecule has 1 unspecified atom stereocenters. The number of hydrogen-bond donors (Lipinski definition) is 2. The second-order valence-corrected chi connectivity index (χ2v) is 8.97. The molecule has 0 aromatic heterocycles. The van der Waals surface area contributed by atoms with Crippen molar-refractivity contribution in [2.45, 2.75) is 37.4 Å². The topological polar surface area (TPSA) is 53.5 Å². The number of rotatable bonds is 9. The van der Waals surface area contributed by atoms with Gasteiger partial charge in [0.15, 0.2) is 5.96 Å². The van der Waals surface area contributed by atoms with Crippen LogP contribution in [-0.4, -0.2) is 35.6 Å². The fourth-order valence-electron chi connectivity index (χ4n) is 3.62. The molecule has 0 saturated heterocycles. The number of halogens is 1. The highest BCUT2D eigenvalue weighted by atomic mass is 127. The maximum atomic E-state index is 12.3. The number of nitrogens with one attached hydrogen (secondary N) is 2. The van der Waals surface area contributed by atoms with Crippen LogP contribution in [0.4, 0.5) is 0 Å². The van der Waals surface area contributed by atoms with E-state index in [4.69, 9.17) is 4.99 Å². The van der Waals surface area contributed by atoms with Gasteiger partial charge in [-0.15, -0.1) is 24.0 Å². The minimum Gasteiger partial charge on any atom is -0.357 e. The minimum atomic E-state index is -0.878. The third-order valence-electron chi connectivity index (χ3n) is 5.37. The van der Waals surface area contributed by atoms with E-state index in [0.29, 0.717) is 18.1 Å². The quantitative estimate of drug-likeness (QED) is 0.293. The average molecular weight is 526 g/mol. The number of aliphatic imine (C=N–C) groups is 1. The maximum Gasteiger partial charge on any atom is 0.191 e. The van der Waals surface area contributed by atoms with E-state index in [9.17, 15) is 4.21 Å². The summed E-state index contributed by atoms with van der Waals surface area (Å²) < 4.78 is 12.3. The van der Waals surface area contributed by atoms with Crippen LogP contribution < -0.4 is 10.6 Å². The third-order valence-corrected chi connectivity index (χ3v) is 6.69. The van der Waals surface area contributed by atoms with Gasteiger partial charge in [-0.25, -0.2) is 0 Å².